The van der Waals surface area contributed by atoms with Crippen molar-refractivity contribution in [1.82, 2.24) is 19.9 Å². The minimum atomic E-state index is -0.271. The zero-order valence-corrected chi connectivity index (χ0v) is 18.1. The number of anilines is 2. The van der Waals surface area contributed by atoms with Gasteiger partial charge in [0.05, 0.1) is 28.2 Å². The van der Waals surface area contributed by atoms with Crippen LogP contribution in [0.1, 0.15) is 11.3 Å². The highest BCUT2D eigenvalue weighted by molar-refractivity contribution is 6.15. The largest absolute Gasteiger partial charge is 0.423 e. The summed E-state index contributed by atoms with van der Waals surface area (Å²) in [5.41, 5.74) is 9.61. The second kappa shape index (κ2) is 6.77. The number of H-pyrrole nitrogens is 1. The lowest BCUT2D eigenvalue weighted by molar-refractivity contribution is 0.441. The lowest BCUT2D eigenvalue weighted by atomic mass is 10.1. The van der Waals surface area contributed by atoms with E-state index in [0.29, 0.717) is 50.9 Å². The van der Waals surface area contributed by atoms with Gasteiger partial charge in [-0.2, -0.15) is 9.97 Å². The fraction of sp³-hybridized carbons (Fsp3) is 0.348. The van der Waals surface area contributed by atoms with Crippen molar-refractivity contribution >= 4 is 33.4 Å². The summed E-state index contributed by atoms with van der Waals surface area (Å²) >= 11 is 0. The van der Waals surface area contributed by atoms with Crippen LogP contribution in [0, 0.1) is 31.5 Å². The third kappa shape index (κ3) is 2.81. The molecule has 8 nitrogen and oxygen atoms in total. The Morgan fingerprint density at radius 1 is 1.19 bits per heavy atom. The molecule has 164 valence electrons. The van der Waals surface area contributed by atoms with Gasteiger partial charge in [-0.1, -0.05) is 0 Å². The molecule has 0 radical (unpaired) electrons. The van der Waals surface area contributed by atoms with E-state index >= 15 is 4.39 Å². The van der Waals surface area contributed by atoms with Crippen molar-refractivity contribution in [2.24, 2.45) is 17.6 Å². The maximum absolute atomic E-state index is 15.4. The van der Waals surface area contributed by atoms with E-state index in [0.717, 1.165) is 24.5 Å². The van der Waals surface area contributed by atoms with Crippen LogP contribution in [-0.4, -0.2) is 46.1 Å². The first-order valence-electron chi connectivity index (χ1n) is 10.8. The van der Waals surface area contributed by atoms with Gasteiger partial charge in [-0.15, -0.1) is 0 Å². The molecule has 0 spiro atoms. The summed E-state index contributed by atoms with van der Waals surface area (Å²) in [6, 6.07) is 5.92. The van der Waals surface area contributed by atoms with Crippen molar-refractivity contribution in [2.75, 3.05) is 30.4 Å². The van der Waals surface area contributed by atoms with Gasteiger partial charge in [-0.25, -0.2) is 4.39 Å². The molecule has 1 saturated carbocycles. The maximum Gasteiger partial charge on any atom is 0.326 e. The second-order valence-electron chi connectivity index (χ2n) is 8.78. The number of benzene rings is 1. The third-order valence-electron chi connectivity index (χ3n) is 6.73. The molecule has 9 heteroatoms. The summed E-state index contributed by atoms with van der Waals surface area (Å²) < 4.78 is 21.3. The molecule has 1 aromatic carbocycles. The average Bonchev–Trinajstić information content (AvgIpc) is 3.15. The first-order valence-corrected chi connectivity index (χ1v) is 10.8. The van der Waals surface area contributed by atoms with Crippen LogP contribution in [0.4, 0.5) is 15.9 Å². The van der Waals surface area contributed by atoms with Crippen molar-refractivity contribution in [2.45, 2.75) is 19.9 Å². The molecule has 1 aliphatic heterocycles. The first-order chi connectivity index (χ1) is 15.4. The van der Waals surface area contributed by atoms with Crippen LogP contribution in [0.15, 0.2) is 24.4 Å². The van der Waals surface area contributed by atoms with Crippen molar-refractivity contribution in [3.63, 3.8) is 0 Å². The molecule has 4 heterocycles. The van der Waals surface area contributed by atoms with Gasteiger partial charge in [0.25, 0.3) is 0 Å². The Morgan fingerprint density at radius 3 is 2.66 bits per heavy atom. The fourth-order valence-corrected chi connectivity index (χ4v) is 4.86. The fourth-order valence-electron chi connectivity index (χ4n) is 4.86. The Hall–Kier alpha value is -3.46. The molecule has 2 unspecified atom stereocenters. The number of nitrogens with one attached hydrogen (secondary N) is 2. The standard InChI is InChI=1S/C23H24FN7O/c1-10-6-15(26-3)20-16(18(10)24)17-21(28-20)29-23(32-12-5-4-11(2)27-7-12)30-22(17)31-8-13-14(9-31)19(13)25/h4-7,13-14,19,26H,8-9,25H2,1-3H3,(H,28,29,30). The van der Waals surface area contributed by atoms with Gasteiger partial charge in [0, 0.05) is 31.9 Å². The summed E-state index contributed by atoms with van der Waals surface area (Å²) in [6.07, 6.45) is 1.64. The molecular formula is C23H24FN7O. The highest BCUT2D eigenvalue weighted by Gasteiger charge is 2.54. The number of halogens is 1. The predicted molar refractivity (Wildman–Crippen MR) is 122 cm³/mol. The smallest absolute Gasteiger partial charge is 0.326 e. The number of aromatic amines is 1. The minimum Gasteiger partial charge on any atom is -0.423 e. The molecule has 0 bridgehead atoms. The highest BCUT2D eigenvalue weighted by Crippen LogP contribution is 2.47. The molecule has 2 fully saturated rings. The highest BCUT2D eigenvalue weighted by atomic mass is 19.1. The van der Waals surface area contributed by atoms with E-state index in [1.54, 1.807) is 19.2 Å². The van der Waals surface area contributed by atoms with E-state index in [4.69, 9.17) is 15.5 Å². The van der Waals surface area contributed by atoms with Crippen molar-refractivity contribution < 1.29 is 9.13 Å². The number of nitrogens with zero attached hydrogens (tertiary/aromatic N) is 4. The van der Waals surface area contributed by atoms with Crippen molar-refractivity contribution in [1.29, 1.82) is 0 Å². The molecule has 32 heavy (non-hydrogen) atoms. The third-order valence-corrected chi connectivity index (χ3v) is 6.73. The number of pyridine rings is 1. The molecule has 1 saturated heterocycles. The molecule has 2 aliphatic rings. The number of aryl methyl sites for hydroxylation is 2. The average molecular weight is 433 g/mol. The van der Waals surface area contributed by atoms with E-state index in [-0.39, 0.29) is 17.9 Å². The second-order valence-corrected chi connectivity index (χ2v) is 8.78. The maximum atomic E-state index is 15.4. The zero-order valence-electron chi connectivity index (χ0n) is 18.1. The van der Waals surface area contributed by atoms with E-state index in [1.807, 2.05) is 26.1 Å². The zero-order chi connectivity index (χ0) is 22.1. The molecular weight excluding hydrogens is 409 g/mol. The van der Waals surface area contributed by atoms with Gasteiger partial charge in [-0.05, 0) is 49.4 Å². The Balaban J connectivity index is 1.56. The van der Waals surface area contributed by atoms with Crippen molar-refractivity contribution in [3.05, 3.63) is 41.5 Å². The summed E-state index contributed by atoms with van der Waals surface area (Å²) in [4.78, 5) is 19.1. The Bertz CT molecular complexity index is 1360. The lowest BCUT2D eigenvalue weighted by Gasteiger charge is -2.21. The van der Waals surface area contributed by atoms with Gasteiger partial charge in [0.15, 0.2) is 0 Å². The van der Waals surface area contributed by atoms with Gasteiger partial charge in [-0.3, -0.25) is 4.98 Å². The molecule has 0 amide bonds. The molecule has 4 N–H and O–H groups in total. The number of aromatic nitrogens is 4. The van der Waals surface area contributed by atoms with Crippen LogP contribution < -0.4 is 20.7 Å². The summed E-state index contributed by atoms with van der Waals surface area (Å²) in [6.45, 7) is 5.26. The number of hydrogen-bond donors (Lipinski definition) is 3. The molecule has 6 rings (SSSR count). The number of nitrogens with two attached hydrogens (primary N) is 1. The van der Waals surface area contributed by atoms with Gasteiger partial charge >= 0.3 is 6.01 Å². The number of ether oxygens (including phenoxy) is 1. The summed E-state index contributed by atoms with van der Waals surface area (Å²) in [5.74, 6) is 1.85. The van der Waals surface area contributed by atoms with Gasteiger partial charge < -0.3 is 25.7 Å². The predicted octanol–water partition coefficient (Wildman–Crippen LogP) is 3.49. The Kier molecular flexibility index (Phi) is 4.07. The van der Waals surface area contributed by atoms with Crippen LogP contribution >= 0.6 is 0 Å². The van der Waals surface area contributed by atoms with Crippen LogP contribution in [0.25, 0.3) is 21.9 Å². The molecule has 1 aliphatic carbocycles. The van der Waals surface area contributed by atoms with Gasteiger partial charge in [0.2, 0.25) is 0 Å². The van der Waals surface area contributed by atoms with E-state index in [1.165, 1.54) is 0 Å². The lowest BCUT2D eigenvalue weighted by Crippen LogP contribution is -2.29. The summed E-state index contributed by atoms with van der Waals surface area (Å²) in [7, 11) is 1.82. The molecule has 2 atom stereocenters. The van der Waals surface area contributed by atoms with E-state index in [9.17, 15) is 0 Å². The monoisotopic (exact) mass is 433 g/mol. The van der Waals surface area contributed by atoms with E-state index < -0.39 is 0 Å². The minimum absolute atomic E-state index is 0.192. The van der Waals surface area contributed by atoms with Crippen LogP contribution in [0.3, 0.4) is 0 Å². The topological polar surface area (TPSA) is 105 Å². The molecule has 4 aromatic rings. The normalized spacial score (nSPS) is 21.9. The Labute approximate surface area is 184 Å². The summed E-state index contributed by atoms with van der Waals surface area (Å²) in [5, 5.41) is 4.31. The SMILES string of the molecule is CNc1cc(C)c(F)c2c1[nH]c1nc(Oc3ccc(C)nc3)nc(N3CC4C(N)C4C3)c12. The number of hydrogen-bond acceptors (Lipinski definition) is 7. The molecule has 3 aromatic heterocycles. The van der Waals surface area contributed by atoms with Crippen LogP contribution in [0.5, 0.6) is 11.8 Å². The van der Waals surface area contributed by atoms with Crippen LogP contribution in [0.2, 0.25) is 0 Å². The number of fused-ring (bicyclic) bond motifs is 4. The van der Waals surface area contributed by atoms with Gasteiger partial charge in [0.1, 0.15) is 23.0 Å². The van der Waals surface area contributed by atoms with Crippen molar-refractivity contribution in [3.8, 4) is 11.8 Å². The van der Waals surface area contributed by atoms with Crippen LogP contribution in [-0.2, 0) is 0 Å². The van der Waals surface area contributed by atoms with E-state index in [2.05, 4.69) is 25.2 Å². The number of piperidine rings is 1. The number of rotatable bonds is 4. The first kappa shape index (κ1) is 19.2. The Morgan fingerprint density at radius 2 is 1.97 bits per heavy atom. The quantitative estimate of drug-likeness (QED) is 0.452.